The zero-order chi connectivity index (χ0) is 23.8. The summed E-state index contributed by atoms with van der Waals surface area (Å²) < 4.78 is 6.44. The van der Waals surface area contributed by atoms with E-state index in [-0.39, 0.29) is 29.2 Å². The first-order valence-electron chi connectivity index (χ1n) is 12.1. The number of anilines is 2. The molecule has 0 aromatic heterocycles. The van der Waals surface area contributed by atoms with E-state index < -0.39 is 19.8 Å². The molecule has 1 unspecified atom stereocenters. The van der Waals surface area contributed by atoms with Crippen molar-refractivity contribution in [1.82, 2.24) is 5.32 Å². The van der Waals surface area contributed by atoms with Crippen molar-refractivity contribution >= 4 is 37.4 Å². The lowest BCUT2D eigenvalue weighted by atomic mass is 9.92. The summed E-state index contributed by atoms with van der Waals surface area (Å²) in [6.45, 7) is 14.0. The van der Waals surface area contributed by atoms with Crippen molar-refractivity contribution in [2.75, 3.05) is 29.5 Å². The second kappa shape index (κ2) is 7.40. The normalized spacial score (nSPS) is 24.8. The van der Waals surface area contributed by atoms with Gasteiger partial charge >= 0.3 is 0 Å². The molecule has 1 aromatic rings. The lowest BCUT2D eigenvalue weighted by molar-refractivity contribution is -0.135. The Hall–Kier alpha value is -2.19. The Balaban J connectivity index is 1.35. The van der Waals surface area contributed by atoms with Crippen LogP contribution >= 0.6 is 0 Å². The third-order valence-corrected chi connectivity index (χ3v) is 12.9. The number of benzene rings is 1. The molecule has 0 bridgehead atoms. The molecule has 4 aliphatic rings. The summed E-state index contributed by atoms with van der Waals surface area (Å²) in [5.41, 5.74) is 2.57. The molecule has 8 heteroatoms. The van der Waals surface area contributed by atoms with Gasteiger partial charge in [-0.1, -0.05) is 26.8 Å². The van der Waals surface area contributed by atoms with Gasteiger partial charge in [-0.05, 0) is 49.5 Å². The van der Waals surface area contributed by atoms with Crippen LogP contribution in [0.5, 0.6) is 0 Å². The van der Waals surface area contributed by atoms with E-state index in [1.54, 1.807) is 4.90 Å². The van der Waals surface area contributed by atoms with E-state index in [1.807, 2.05) is 12.1 Å². The third-order valence-electron chi connectivity index (χ3n) is 8.44. The smallest absolute Gasteiger partial charge is 0.249 e. The van der Waals surface area contributed by atoms with E-state index in [2.05, 4.69) is 50.1 Å². The Bertz CT molecular complexity index is 1020. The number of hydrogen-bond acceptors (Lipinski definition) is 5. The zero-order valence-corrected chi connectivity index (χ0v) is 21.4. The Labute approximate surface area is 197 Å². The average Bonchev–Trinajstić information content (AvgIpc) is 3.45. The summed E-state index contributed by atoms with van der Waals surface area (Å²) in [6, 6.07) is 5.46. The minimum absolute atomic E-state index is 0.0257. The number of imide groups is 1. The number of hydrogen-bond donors (Lipinski definition) is 1. The summed E-state index contributed by atoms with van der Waals surface area (Å²) in [5.74, 6) is -0.101. The molecule has 3 amide bonds. The minimum Gasteiger partial charge on any atom is -0.416 e. The molecule has 7 nitrogen and oxygen atoms in total. The van der Waals surface area contributed by atoms with Gasteiger partial charge in [0.2, 0.25) is 17.7 Å². The maximum absolute atomic E-state index is 13.6. The van der Waals surface area contributed by atoms with Crippen molar-refractivity contribution in [3.8, 4) is 0 Å². The predicted molar refractivity (Wildman–Crippen MR) is 130 cm³/mol. The fourth-order valence-electron chi connectivity index (χ4n) is 5.17. The SMILES string of the molecule is CC(C)(C)[Si](C)(C)OCC1CN(c2cccc3c2C2(CC2)C(=O)N3C2CCC(=O)NC2=O)C1. The van der Waals surface area contributed by atoms with Crippen molar-refractivity contribution in [3.63, 3.8) is 0 Å². The van der Waals surface area contributed by atoms with Crippen molar-refractivity contribution < 1.29 is 18.8 Å². The van der Waals surface area contributed by atoms with Gasteiger partial charge in [0.1, 0.15) is 6.04 Å². The van der Waals surface area contributed by atoms with Gasteiger partial charge in [0.15, 0.2) is 8.32 Å². The topological polar surface area (TPSA) is 79.0 Å². The molecule has 1 saturated carbocycles. The number of fused-ring (bicyclic) bond motifs is 2. The van der Waals surface area contributed by atoms with Gasteiger partial charge in [-0.25, -0.2) is 0 Å². The predicted octanol–water partition coefficient (Wildman–Crippen LogP) is 3.33. The van der Waals surface area contributed by atoms with Gasteiger partial charge in [-0.3, -0.25) is 24.6 Å². The van der Waals surface area contributed by atoms with Crippen LogP contribution in [0, 0.1) is 5.92 Å². The Morgan fingerprint density at radius 3 is 2.39 bits per heavy atom. The van der Waals surface area contributed by atoms with E-state index in [0.717, 1.165) is 49.5 Å². The summed E-state index contributed by atoms with van der Waals surface area (Å²) >= 11 is 0. The Morgan fingerprint density at radius 1 is 1.12 bits per heavy atom. The molecule has 1 atom stereocenters. The minimum atomic E-state index is -1.76. The van der Waals surface area contributed by atoms with E-state index in [1.165, 1.54) is 0 Å². The summed E-state index contributed by atoms with van der Waals surface area (Å²) in [7, 11) is -1.76. The van der Waals surface area contributed by atoms with E-state index in [4.69, 9.17) is 4.43 Å². The van der Waals surface area contributed by atoms with Crippen molar-refractivity contribution in [1.29, 1.82) is 0 Å². The number of nitrogens with one attached hydrogen (secondary N) is 1. The molecule has 3 fully saturated rings. The standard InChI is InChI=1S/C25H35N3O4Si/c1-24(2,3)33(4,5)32-15-16-13-27(14-16)17-7-6-8-18-21(17)25(11-12-25)23(31)28(18)19-9-10-20(29)26-22(19)30/h6-8,16,19H,9-15H2,1-5H3,(H,26,29,30). The van der Waals surface area contributed by atoms with Crippen LogP contribution in [0.3, 0.4) is 0 Å². The molecule has 0 radical (unpaired) electrons. The van der Waals surface area contributed by atoms with Gasteiger partial charge in [0, 0.05) is 43.3 Å². The summed E-state index contributed by atoms with van der Waals surface area (Å²) in [5, 5.41) is 2.62. The molecular formula is C25H35N3O4Si. The van der Waals surface area contributed by atoms with Crippen LogP contribution in [-0.4, -0.2) is 51.8 Å². The number of carbonyl (C=O) groups is 3. The molecule has 1 spiro atoms. The number of amides is 3. The summed E-state index contributed by atoms with van der Waals surface area (Å²) in [6.07, 6.45) is 2.30. The molecule has 2 saturated heterocycles. The fourth-order valence-corrected chi connectivity index (χ4v) is 6.26. The second-order valence-corrected chi connectivity index (χ2v) is 16.5. The van der Waals surface area contributed by atoms with Gasteiger partial charge in [0.25, 0.3) is 0 Å². The van der Waals surface area contributed by atoms with Crippen LogP contribution in [-0.2, 0) is 24.2 Å². The molecule has 5 rings (SSSR count). The highest BCUT2D eigenvalue weighted by molar-refractivity contribution is 6.74. The molecule has 3 aliphatic heterocycles. The molecule has 178 valence electrons. The molecule has 1 aliphatic carbocycles. The fraction of sp³-hybridized carbons (Fsp3) is 0.640. The first-order valence-corrected chi connectivity index (χ1v) is 15.1. The third kappa shape index (κ3) is 3.53. The van der Waals surface area contributed by atoms with Gasteiger partial charge in [-0.15, -0.1) is 0 Å². The van der Waals surface area contributed by atoms with Gasteiger partial charge < -0.3 is 9.33 Å². The number of nitrogens with zero attached hydrogens (tertiary/aromatic N) is 2. The maximum atomic E-state index is 13.6. The molecular weight excluding hydrogens is 434 g/mol. The quantitative estimate of drug-likeness (QED) is 0.529. The van der Waals surface area contributed by atoms with Gasteiger partial charge in [-0.2, -0.15) is 0 Å². The highest BCUT2D eigenvalue weighted by Gasteiger charge is 2.62. The molecule has 1 N–H and O–H groups in total. The van der Waals surface area contributed by atoms with E-state index in [0.29, 0.717) is 12.3 Å². The average molecular weight is 470 g/mol. The second-order valence-electron chi connectivity index (χ2n) is 11.7. The maximum Gasteiger partial charge on any atom is 0.249 e. The van der Waals surface area contributed by atoms with Crippen LogP contribution in [0.2, 0.25) is 18.1 Å². The number of rotatable bonds is 5. The lowest BCUT2D eigenvalue weighted by Crippen LogP contribution is -2.54. The van der Waals surface area contributed by atoms with Crippen molar-refractivity contribution in [2.45, 2.75) is 76.0 Å². The summed E-state index contributed by atoms with van der Waals surface area (Å²) in [4.78, 5) is 41.8. The lowest BCUT2D eigenvalue weighted by Gasteiger charge is -2.44. The van der Waals surface area contributed by atoms with Crippen LogP contribution in [0.15, 0.2) is 18.2 Å². The van der Waals surface area contributed by atoms with Crippen LogP contribution in [0.4, 0.5) is 11.4 Å². The van der Waals surface area contributed by atoms with Crippen LogP contribution in [0.1, 0.15) is 52.0 Å². The largest absolute Gasteiger partial charge is 0.416 e. The van der Waals surface area contributed by atoms with Crippen molar-refractivity contribution in [3.05, 3.63) is 23.8 Å². The molecule has 33 heavy (non-hydrogen) atoms. The van der Waals surface area contributed by atoms with Crippen LogP contribution < -0.4 is 15.1 Å². The molecule has 1 aromatic carbocycles. The zero-order valence-electron chi connectivity index (χ0n) is 20.4. The molecule has 3 heterocycles. The van der Waals surface area contributed by atoms with Crippen molar-refractivity contribution in [2.24, 2.45) is 5.92 Å². The highest BCUT2D eigenvalue weighted by atomic mass is 28.4. The van der Waals surface area contributed by atoms with Crippen LogP contribution in [0.25, 0.3) is 0 Å². The highest BCUT2D eigenvalue weighted by Crippen LogP contribution is 2.61. The first kappa shape index (κ1) is 22.6. The monoisotopic (exact) mass is 469 g/mol. The number of carbonyl (C=O) groups excluding carboxylic acids is 3. The Morgan fingerprint density at radius 2 is 1.79 bits per heavy atom. The first-order chi connectivity index (χ1) is 15.4. The number of piperidine rings is 1. The Kier molecular flexibility index (Phi) is 5.07. The van der Waals surface area contributed by atoms with E-state index in [9.17, 15) is 14.4 Å². The van der Waals surface area contributed by atoms with E-state index >= 15 is 0 Å². The van der Waals surface area contributed by atoms with Gasteiger partial charge in [0.05, 0.1) is 11.1 Å².